The van der Waals surface area contributed by atoms with Crippen molar-refractivity contribution >= 4 is 14.1 Å². The second kappa shape index (κ2) is 4.14. The molecule has 0 bridgehead atoms. The lowest BCUT2D eigenvalue weighted by Crippen LogP contribution is -2.15. The van der Waals surface area contributed by atoms with E-state index in [1.54, 1.807) is 0 Å². The van der Waals surface area contributed by atoms with E-state index in [0.29, 0.717) is 0 Å². The highest BCUT2D eigenvalue weighted by Gasteiger charge is 2.06. The van der Waals surface area contributed by atoms with Gasteiger partial charge in [0, 0.05) is 0 Å². The highest BCUT2D eigenvalue weighted by atomic mass is 28.3. The van der Waals surface area contributed by atoms with Crippen LogP contribution in [0.5, 0.6) is 0 Å². The van der Waals surface area contributed by atoms with Gasteiger partial charge in [-0.05, 0) is 30.5 Å². The third-order valence-corrected chi connectivity index (χ3v) is 3.47. The molecule has 0 radical (unpaired) electrons. The van der Waals surface area contributed by atoms with Crippen molar-refractivity contribution < 1.29 is 0 Å². The monoisotopic (exact) mass is 204 g/mol. The number of aryl methyl sites for hydroxylation is 2. The first-order chi connectivity index (χ1) is 6.38. The van der Waals surface area contributed by atoms with Crippen molar-refractivity contribution in [3.05, 3.63) is 40.6 Å². The van der Waals surface area contributed by atoms with Crippen LogP contribution in [0.25, 0.3) is 6.08 Å². The third-order valence-electron chi connectivity index (χ3n) is 2.31. The standard InChI is InChI=1S/C13H20Si/c1-11-6-7-13(10-12(11)2)8-9-14(3,4)5/h6-10H,1-5H3/b9-8+. The van der Waals surface area contributed by atoms with Gasteiger partial charge in [0.2, 0.25) is 0 Å². The van der Waals surface area contributed by atoms with Crippen LogP contribution < -0.4 is 0 Å². The first-order valence-electron chi connectivity index (χ1n) is 5.15. The van der Waals surface area contributed by atoms with Crippen molar-refractivity contribution in [1.82, 2.24) is 0 Å². The molecule has 0 atom stereocenters. The predicted octanol–water partition coefficient (Wildman–Crippen LogP) is 4.19. The Morgan fingerprint density at radius 2 is 1.64 bits per heavy atom. The summed E-state index contributed by atoms with van der Waals surface area (Å²) >= 11 is 0. The Morgan fingerprint density at radius 3 is 2.14 bits per heavy atom. The molecule has 0 aliphatic rings. The largest absolute Gasteiger partial charge is 0.0944 e. The van der Waals surface area contributed by atoms with E-state index in [2.05, 4.69) is 63.5 Å². The molecule has 0 aliphatic heterocycles. The van der Waals surface area contributed by atoms with Gasteiger partial charge < -0.3 is 0 Å². The molecule has 1 rings (SSSR count). The molecule has 0 spiro atoms. The third kappa shape index (κ3) is 3.50. The Labute approximate surface area is 88.7 Å². The van der Waals surface area contributed by atoms with Gasteiger partial charge in [-0.3, -0.25) is 0 Å². The molecule has 0 nitrogen and oxygen atoms in total. The summed E-state index contributed by atoms with van der Waals surface area (Å²) in [6.45, 7) is 11.4. The van der Waals surface area contributed by atoms with Gasteiger partial charge in [-0.2, -0.15) is 0 Å². The van der Waals surface area contributed by atoms with Crippen LogP contribution in [0.15, 0.2) is 23.9 Å². The van der Waals surface area contributed by atoms with E-state index in [4.69, 9.17) is 0 Å². The Hall–Kier alpha value is -0.823. The van der Waals surface area contributed by atoms with Crippen molar-refractivity contribution in [3.8, 4) is 0 Å². The van der Waals surface area contributed by atoms with E-state index in [1.807, 2.05) is 0 Å². The minimum Gasteiger partial charge on any atom is -0.0944 e. The number of rotatable bonds is 2. The van der Waals surface area contributed by atoms with Crippen molar-refractivity contribution in [2.24, 2.45) is 0 Å². The maximum Gasteiger partial charge on any atom is 0.0687 e. The maximum absolute atomic E-state index is 2.39. The van der Waals surface area contributed by atoms with E-state index in [9.17, 15) is 0 Å². The zero-order chi connectivity index (χ0) is 10.8. The van der Waals surface area contributed by atoms with Crippen molar-refractivity contribution in [2.45, 2.75) is 33.5 Å². The van der Waals surface area contributed by atoms with E-state index < -0.39 is 8.07 Å². The topological polar surface area (TPSA) is 0 Å². The van der Waals surface area contributed by atoms with E-state index in [0.717, 1.165) is 0 Å². The summed E-state index contributed by atoms with van der Waals surface area (Å²) in [5.74, 6) is 0. The van der Waals surface area contributed by atoms with E-state index >= 15 is 0 Å². The van der Waals surface area contributed by atoms with Crippen LogP contribution >= 0.6 is 0 Å². The molecule has 1 heteroatoms. The Balaban J connectivity index is 2.89. The summed E-state index contributed by atoms with van der Waals surface area (Å²) in [5, 5.41) is 0. The summed E-state index contributed by atoms with van der Waals surface area (Å²) in [6, 6.07) is 6.64. The second-order valence-electron chi connectivity index (χ2n) is 5.04. The maximum atomic E-state index is 2.39. The summed E-state index contributed by atoms with van der Waals surface area (Å²) in [6.07, 6.45) is 2.26. The Bertz CT molecular complexity index is 343. The number of hydrogen-bond acceptors (Lipinski definition) is 0. The van der Waals surface area contributed by atoms with Crippen LogP contribution in [0.3, 0.4) is 0 Å². The van der Waals surface area contributed by atoms with Gasteiger partial charge in [0.25, 0.3) is 0 Å². The fourth-order valence-corrected chi connectivity index (χ4v) is 1.91. The van der Waals surface area contributed by atoms with Gasteiger partial charge in [-0.1, -0.05) is 49.6 Å². The van der Waals surface area contributed by atoms with Crippen LogP contribution in [0.1, 0.15) is 16.7 Å². The molecule has 1 aromatic rings. The van der Waals surface area contributed by atoms with Crippen molar-refractivity contribution in [1.29, 1.82) is 0 Å². The van der Waals surface area contributed by atoms with Crippen molar-refractivity contribution in [3.63, 3.8) is 0 Å². The van der Waals surface area contributed by atoms with Gasteiger partial charge in [0.1, 0.15) is 0 Å². The molecule has 0 saturated carbocycles. The highest BCUT2D eigenvalue weighted by molar-refractivity contribution is 6.81. The number of hydrogen-bond donors (Lipinski definition) is 0. The fourth-order valence-electron chi connectivity index (χ4n) is 1.21. The normalized spacial score (nSPS) is 12.4. The lowest BCUT2D eigenvalue weighted by Gasteiger charge is -2.08. The molecule has 1 aromatic carbocycles. The van der Waals surface area contributed by atoms with Crippen LogP contribution in [0.4, 0.5) is 0 Å². The minimum absolute atomic E-state index is 1.05. The second-order valence-corrected chi connectivity index (χ2v) is 10.1. The lowest BCUT2D eigenvalue weighted by molar-refractivity contribution is 1.33. The SMILES string of the molecule is Cc1ccc(/C=C/[Si](C)(C)C)cc1C. The highest BCUT2D eigenvalue weighted by Crippen LogP contribution is 2.13. The molecular weight excluding hydrogens is 184 g/mol. The molecule has 0 heterocycles. The Kier molecular flexibility index (Phi) is 3.32. The molecule has 14 heavy (non-hydrogen) atoms. The zero-order valence-corrected chi connectivity index (χ0v) is 10.9. The molecule has 76 valence electrons. The van der Waals surface area contributed by atoms with Gasteiger partial charge >= 0.3 is 0 Å². The number of benzene rings is 1. The summed E-state index contributed by atoms with van der Waals surface area (Å²) in [4.78, 5) is 0. The van der Waals surface area contributed by atoms with Gasteiger partial charge in [-0.25, -0.2) is 0 Å². The molecule has 0 aromatic heterocycles. The van der Waals surface area contributed by atoms with Crippen LogP contribution in [-0.4, -0.2) is 8.07 Å². The van der Waals surface area contributed by atoms with E-state index in [1.165, 1.54) is 16.7 Å². The van der Waals surface area contributed by atoms with Gasteiger partial charge in [-0.15, -0.1) is 0 Å². The molecule has 0 N–H and O–H groups in total. The summed E-state index contributed by atoms with van der Waals surface area (Å²) in [7, 11) is -1.05. The first-order valence-corrected chi connectivity index (χ1v) is 8.73. The smallest absolute Gasteiger partial charge is 0.0687 e. The lowest BCUT2D eigenvalue weighted by atomic mass is 10.1. The zero-order valence-electron chi connectivity index (χ0n) is 9.89. The summed E-state index contributed by atoms with van der Waals surface area (Å²) in [5.41, 5.74) is 6.46. The molecule has 0 saturated heterocycles. The molecule has 0 aliphatic carbocycles. The van der Waals surface area contributed by atoms with Gasteiger partial charge in [0.05, 0.1) is 8.07 Å². The molecule has 0 unspecified atom stereocenters. The average molecular weight is 204 g/mol. The molecular formula is C13H20Si. The first kappa shape index (κ1) is 11.3. The predicted molar refractivity (Wildman–Crippen MR) is 68.3 cm³/mol. The van der Waals surface area contributed by atoms with Crippen molar-refractivity contribution in [2.75, 3.05) is 0 Å². The summed E-state index contributed by atoms with van der Waals surface area (Å²) < 4.78 is 0. The quantitative estimate of drug-likeness (QED) is 0.634. The van der Waals surface area contributed by atoms with E-state index in [-0.39, 0.29) is 0 Å². The van der Waals surface area contributed by atoms with Gasteiger partial charge in [0.15, 0.2) is 0 Å². The molecule has 0 fully saturated rings. The van der Waals surface area contributed by atoms with Crippen LogP contribution in [-0.2, 0) is 0 Å². The fraction of sp³-hybridized carbons (Fsp3) is 0.385. The molecule has 0 amide bonds. The average Bonchev–Trinajstić information content (AvgIpc) is 2.06. The Morgan fingerprint density at radius 1 is 1.00 bits per heavy atom. The van der Waals surface area contributed by atoms with Crippen LogP contribution in [0, 0.1) is 13.8 Å². The minimum atomic E-state index is -1.05. The van der Waals surface area contributed by atoms with Crippen LogP contribution in [0.2, 0.25) is 19.6 Å².